The number of aromatic amines is 1. The smallest absolute Gasteiger partial charge is 0.352 e. The molecule has 0 aliphatic heterocycles. The van der Waals surface area contributed by atoms with E-state index in [0.717, 1.165) is 13.0 Å². The molecule has 0 atom stereocenters. The van der Waals surface area contributed by atoms with Gasteiger partial charge in [0.05, 0.1) is 11.9 Å². The Morgan fingerprint density at radius 3 is 2.76 bits per heavy atom. The topological polar surface area (TPSA) is 100 Å². The van der Waals surface area contributed by atoms with Gasteiger partial charge in [-0.05, 0) is 25.8 Å². The van der Waals surface area contributed by atoms with Gasteiger partial charge in [0.25, 0.3) is 5.91 Å². The Balaban J connectivity index is 1.93. The maximum atomic E-state index is 12.1. The van der Waals surface area contributed by atoms with Crippen LogP contribution >= 0.6 is 0 Å². The van der Waals surface area contributed by atoms with Crippen molar-refractivity contribution in [3.8, 4) is 0 Å². The number of aromatic carboxylic acids is 1. The van der Waals surface area contributed by atoms with E-state index in [1.54, 1.807) is 26.4 Å². The lowest BCUT2D eigenvalue weighted by Crippen LogP contribution is -2.26. The molecule has 0 spiro atoms. The quantitative estimate of drug-likeness (QED) is 0.699. The zero-order chi connectivity index (χ0) is 15.4. The van der Waals surface area contributed by atoms with Crippen LogP contribution in [0.1, 0.15) is 38.5 Å². The molecule has 0 radical (unpaired) electrons. The van der Waals surface area contributed by atoms with Crippen molar-refractivity contribution in [1.29, 1.82) is 0 Å². The second-order valence-electron chi connectivity index (χ2n) is 4.84. The lowest BCUT2D eigenvalue weighted by molar-refractivity contribution is 0.0690. The third-order valence-corrected chi connectivity index (χ3v) is 3.32. The van der Waals surface area contributed by atoms with E-state index in [9.17, 15) is 9.59 Å². The van der Waals surface area contributed by atoms with Crippen molar-refractivity contribution < 1.29 is 14.7 Å². The van der Waals surface area contributed by atoms with E-state index < -0.39 is 5.97 Å². The third kappa shape index (κ3) is 3.31. The van der Waals surface area contributed by atoms with Gasteiger partial charge in [-0.15, -0.1) is 0 Å². The zero-order valence-electron chi connectivity index (χ0n) is 12.0. The van der Waals surface area contributed by atoms with E-state index in [4.69, 9.17) is 5.11 Å². The molecule has 2 aromatic rings. The Labute approximate surface area is 122 Å². The molecule has 0 fully saturated rings. The van der Waals surface area contributed by atoms with Crippen LogP contribution in [-0.2, 0) is 6.54 Å². The van der Waals surface area contributed by atoms with Crippen molar-refractivity contribution in [2.24, 2.45) is 0 Å². The summed E-state index contributed by atoms with van der Waals surface area (Å²) in [5.41, 5.74) is 1.51. The highest BCUT2D eigenvalue weighted by Crippen LogP contribution is 2.17. The summed E-state index contributed by atoms with van der Waals surface area (Å²) in [6.45, 7) is 4.61. The summed E-state index contributed by atoms with van der Waals surface area (Å²) in [5, 5.41) is 11.8. The van der Waals surface area contributed by atoms with Gasteiger partial charge in [0, 0.05) is 31.2 Å². The second-order valence-corrected chi connectivity index (χ2v) is 4.84. The number of carboxylic acids is 1. The van der Waals surface area contributed by atoms with Crippen molar-refractivity contribution in [3.05, 3.63) is 41.2 Å². The van der Waals surface area contributed by atoms with Crippen LogP contribution in [0.3, 0.4) is 0 Å². The molecule has 3 N–H and O–H groups in total. The Morgan fingerprint density at radius 2 is 2.19 bits per heavy atom. The Bertz CT molecular complexity index is 643. The second kappa shape index (κ2) is 6.25. The SMILES string of the molecule is Cc1[nH]c(C(=O)O)c(C)c1C(=O)NCCCn1ccnc1. The molecule has 0 aromatic carbocycles. The molecule has 1 amide bonds. The molecule has 2 heterocycles. The van der Waals surface area contributed by atoms with Gasteiger partial charge < -0.3 is 20.0 Å². The molecule has 112 valence electrons. The molecule has 21 heavy (non-hydrogen) atoms. The van der Waals surface area contributed by atoms with Crippen molar-refractivity contribution in [3.63, 3.8) is 0 Å². The number of hydrogen-bond donors (Lipinski definition) is 3. The summed E-state index contributed by atoms with van der Waals surface area (Å²) in [4.78, 5) is 29.8. The number of aryl methyl sites for hydroxylation is 2. The molecular weight excluding hydrogens is 272 g/mol. The monoisotopic (exact) mass is 290 g/mol. The third-order valence-electron chi connectivity index (χ3n) is 3.32. The van der Waals surface area contributed by atoms with Gasteiger partial charge >= 0.3 is 5.97 Å². The predicted octanol–water partition coefficient (Wildman–Crippen LogP) is 1.35. The minimum atomic E-state index is -1.06. The average Bonchev–Trinajstić information content (AvgIpc) is 3.03. The van der Waals surface area contributed by atoms with Crippen molar-refractivity contribution >= 4 is 11.9 Å². The number of aromatic nitrogens is 3. The molecule has 7 heteroatoms. The van der Waals surface area contributed by atoms with Crippen LogP contribution in [-0.4, -0.2) is 38.1 Å². The van der Waals surface area contributed by atoms with Crippen LogP contribution in [0.15, 0.2) is 18.7 Å². The molecule has 0 saturated carbocycles. The predicted molar refractivity (Wildman–Crippen MR) is 76.4 cm³/mol. The molecule has 0 unspecified atom stereocenters. The number of carbonyl (C=O) groups excluding carboxylic acids is 1. The van der Waals surface area contributed by atoms with Crippen LogP contribution in [0.2, 0.25) is 0 Å². The van der Waals surface area contributed by atoms with E-state index in [-0.39, 0.29) is 11.6 Å². The first-order valence-corrected chi connectivity index (χ1v) is 6.67. The fourth-order valence-electron chi connectivity index (χ4n) is 2.28. The van der Waals surface area contributed by atoms with Crippen molar-refractivity contribution in [2.75, 3.05) is 6.54 Å². The number of H-pyrrole nitrogens is 1. The highest BCUT2D eigenvalue weighted by atomic mass is 16.4. The van der Waals surface area contributed by atoms with E-state index >= 15 is 0 Å². The highest BCUT2D eigenvalue weighted by molar-refractivity contribution is 6.00. The highest BCUT2D eigenvalue weighted by Gasteiger charge is 2.21. The molecular formula is C14H18N4O3. The van der Waals surface area contributed by atoms with Crippen molar-refractivity contribution in [1.82, 2.24) is 19.9 Å². The van der Waals surface area contributed by atoms with Gasteiger partial charge in [-0.1, -0.05) is 0 Å². The van der Waals surface area contributed by atoms with Crippen LogP contribution in [0.5, 0.6) is 0 Å². The zero-order valence-corrected chi connectivity index (χ0v) is 12.0. The van der Waals surface area contributed by atoms with Gasteiger partial charge in [0.1, 0.15) is 5.69 Å². The summed E-state index contributed by atoms with van der Waals surface area (Å²) >= 11 is 0. The number of nitrogens with zero attached hydrogens (tertiary/aromatic N) is 2. The van der Waals surface area contributed by atoms with E-state index in [1.807, 2.05) is 10.8 Å². The van der Waals surface area contributed by atoms with E-state index in [1.165, 1.54) is 0 Å². The van der Waals surface area contributed by atoms with Crippen molar-refractivity contribution in [2.45, 2.75) is 26.8 Å². The summed E-state index contributed by atoms with van der Waals surface area (Å²) in [6, 6.07) is 0. The number of hydrogen-bond acceptors (Lipinski definition) is 3. The minimum Gasteiger partial charge on any atom is -0.477 e. The summed E-state index contributed by atoms with van der Waals surface area (Å²) < 4.78 is 1.93. The number of nitrogens with one attached hydrogen (secondary N) is 2. The molecule has 7 nitrogen and oxygen atoms in total. The summed E-state index contributed by atoms with van der Waals surface area (Å²) in [7, 11) is 0. The first kappa shape index (κ1) is 14.8. The number of carbonyl (C=O) groups is 2. The maximum absolute atomic E-state index is 12.1. The summed E-state index contributed by atoms with van der Waals surface area (Å²) in [6.07, 6.45) is 6.07. The van der Waals surface area contributed by atoms with Gasteiger partial charge in [0.15, 0.2) is 0 Å². The number of amides is 1. The largest absolute Gasteiger partial charge is 0.477 e. The Hall–Kier alpha value is -2.57. The lowest BCUT2D eigenvalue weighted by atomic mass is 10.1. The summed E-state index contributed by atoms with van der Waals surface area (Å²) in [5.74, 6) is -1.31. The fraction of sp³-hybridized carbons (Fsp3) is 0.357. The fourth-order valence-corrected chi connectivity index (χ4v) is 2.28. The normalized spacial score (nSPS) is 10.6. The van der Waals surface area contributed by atoms with Crippen LogP contribution in [0.4, 0.5) is 0 Å². The Morgan fingerprint density at radius 1 is 1.43 bits per heavy atom. The molecule has 2 aromatic heterocycles. The van der Waals surface area contributed by atoms with Gasteiger partial charge in [-0.25, -0.2) is 9.78 Å². The maximum Gasteiger partial charge on any atom is 0.352 e. The lowest BCUT2D eigenvalue weighted by Gasteiger charge is -2.06. The van der Waals surface area contributed by atoms with Gasteiger partial charge in [-0.3, -0.25) is 4.79 Å². The molecule has 0 saturated heterocycles. The Kier molecular flexibility index (Phi) is 4.42. The van der Waals surface area contributed by atoms with E-state index in [0.29, 0.717) is 23.4 Å². The molecule has 2 rings (SSSR count). The van der Waals surface area contributed by atoms with Gasteiger partial charge in [-0.2, -0.15) is 0 Å². The van der Waals surface area contributed by atoms with Gasteiger partial charge in [0.2, 0.25) is 0 Å². The minimum absolute atomic E-state index is 0.0658. The first-order valence-electron chi connectivity index (χ1n) is 6.67. The number of rotatable bonds is 6. The van der Waals surface area contributed by atoms with Crippen LogP contribution < -0.4 is 5.32 Å². The standard InChI is InChI=1S/C14H18N4O3/c1-9-11(10(2)17-12(9)14(20)21)13(19)16-4-3-6-18-7-5-15-8-18/h5,7-8,17H,3-4,6H2,1-2H3,(H,16,19)(H,20,21). The molecule has 0 aliphatic rings. The first-order chi connectivity index (χ1) is 10.0. The average molecular weight is 290 g/mol. The number of carboxylic acid groups (broad SMARTS) is 1. The van der Waals surface area contributed by atoms with Crippen LogP contribution in [0, 0.1) is 13.8 Å². The molecule has 0 aliphatic carbocycles. The van der Waals surface area contributed by atoms with E-state index in [2.05, 4.69) is 15.3 Å². The number of imidazole rings is 1. The molecule has 0 bridgehead atoms. The van der Waals surface area contributed by atoms with Crippen LogP contribution in [0.25, 0.3) is 0 Å².